The maximum absolute atomic E-state index is 11.7. The summed E-state index contributed by atoms with van der Waals surface area (Å²) in [6.07, 6.45) is 1.08. The van der Waals surface area contributed by atoms with Gasteiger partial charge in [-0.15, -0.1) is 0 Å². The molecule has 1 fully saturated rings. The van der Waals surface area contributed by atoms with Crippen LogP contribution >= 0.6 is 0 Å². The number of hydrogen-bond acceptors (Lipinski definition) is 4. The second kappa shape index (κ2) is 6.87. The summed E-state index contributed by atoms with van der Waals surface area (Å²) >= 11 is 0. The van der Waals surface area contributed by atoms with E-state index in [1.807, 2.05) is 35.9 Å². The molecule has 0 unspecified atom stereocenters. The van der Waals surface area contributed by atoms with Crippen molar-refractivity contribution in [2.45, 2.75) is 19.8 Å². The molecule has 0 amide bonds. The van der Waals surface area contributed by atoms with Crippen LogP contribution in [-0.4, -0.2) is 28.5 Å². The Morgan fingerprint density at radius 2 is 1.96 bits per heavy atom. The van der Waals surface area contributed by atoms with E-state index in [1.54, 1.807) is 12.1 Å². The second-order valence-electron chi connectivity index (χ2n) is 6.75. The first kappa shape index (κ1) is 18.6. The number of carboxylic acid groups (broad SMARTS) is 1. The van der Waals surface area contributed by atoms with Crippen molar-refractivity contribution in [3.63, 3.8) is 0 Å². The monoisotopic (exact) mass is 366 g/mol. The number of benzene rings is 1. The number of aromatic nitrogens is 1. The van der Waals surface area contributed by atoms with Gasteiger partial charge in [0, 0.05) is 18.3 Å². The molecule has 1 aromatic carbocycles. The Bertz CT molecular complexity index is 1010. The smallest absolute Gasteiger partial charge is 0.315 e. The first-order valence-electron chi connectivity index (χ1n) is 8.63. The highest BCUT2D eigenvalue weighted by atomic mass is 16.5. The zero-order chi connectivity index (χ0) is 19.8. The molecule has 1 heterocycles. The van der Waals surface area contributed by atoms with Gasteiger partial charge in [0.25, 0.3) is 0 Å². The van der Waals surface area contributed by atoms with Crippen LogP contribution in [0.4, 0.5) is 0 Å². The summed E-state index contributed by atoms with van der Waals surface area (Å²) in [5.41, 5.74) is 2.14. The van der Waals surface area contributed by atoms with Gasteiger partial charge in [-0.25, -0.2) is 4.99 Å². The molecular formula is C21H22N2O4. The van der Waals surface area contributed by atoms with E-state index in [0.717, 1.165) is 11.3 Å². The molecule has 0 atom stereocenters. The molecule has 27 heavy (non-hydrogen) atoms. The molecule has 0 aliphatic heterocycles. The van der Waals surface area contributed by atoms with Crippen molar-refractivity contribution in [1.82, 2.24) is 4.57 Å². The van der Waals surface area contributed by atoms with Crippen LogP contribution in [0.2, 0.25) is 0 Å². The molecule has 0 bridgehead atoms. The van der Waals surface area contributed by atoms with Crippen LogP contribution in [0, 0.1) is 5.41 Å². The number of carbonyl (C=O) groups excluding carboxylic acids is 1. The van der Waals surface area contributed by atoms with E-state index in [4.69, 9.17) is 4.74 Å². The van der Waals surface area contributed by atoms with Crippen molar-refractivity contribution in [2.24, 2.45) is 17.5 Å². The maximum Gasteiger partial charge on any atom is 0.315 e. The highest BCUT2D eigenvalue weighted by Crippen LogP contribution is 2.51. The van der Waals surface area contributed by atoms with Crippen LogP contribution in [0.15, 0.2) is 53.7 Å². The lowest BCUT2D eigenvalue weighted by Crippen LogP contribution is -2.24. The van der Waals surface area contributed by atoms with E-state index in [-0.39, 0.29) is 5.78 Å². The van der Waals surface area contributed by atoms with E-state index >= 15 is 0 Å². The molecule has 6 heteroatoms. The number of pyridine rings is 1. The molecule has 1 N–H and O–H groups in total. The zero-order valence-electron chi connectivity index (χ0n) is 15.7. The number of ether oxygens (including phenoxy) is 1. The van der Waals surface area contributed by atoms with Gasteiger partial charge in [-0.3, -0.25) is 9.59 Å². The third-order valence-electron chi connectivity index (χ3n) is 5.03. The van der Waals surface area contributed by atoms with Crippen molar-refractivity contribution >= 4 is 11.8 Å². The van der Waals surface area contributed by atoms with E-state index in [9.17, 15) is 14.7 Å². The molecule has 0 spiro atoms. The molecule has 1 saturated carbocycles. The van der Waals surface area contributed by atoms with Gasteiger partial charge in [0.2, 0.25) is 0 Å². The van der Waals surface area contributed by atoms with Crippen molar-refractivity contribution < 1.29 is 19.4 Å². The SMILES string of the molecule is C=C(N=c1c(OC)ccc(-c2cccc(C(C)=O)c2)n1C)C1(C(=O)O)CC1. The van der Waals surface area contributed by atoms with Crippen LogP contribution in [0.1, 0.15) is 30.1 Å². The molecule has 140 valence electrons. The summed E-state index contributed by atoms with van der Waals surface area (Å²) in [7, 11) is 3.36. The molecule has 3 rings (SSSR count). The fraction of sp³-hybridized carbons (Fsp3) is 0.286. The number of ketones is 1. The fourth-order valence-electron chi connectivity index (χ4n) is 3.08. The number of rotatable bonds is 6. The highest BCUT2D eigenvalue weighted by Gasteiger charge is 2.53. The Balaban J connectivity index is 2.15. The molecular weight excluding hydrogens is 344 g/mol. The fourth-order valence-corrected chi connectivity index (χ4v) is 3.08. The van der Waals surface area contributed by atoms with Crippen molar-refractivity contribution in [3.05, 3.63) is 59.7 Å². The van der Waals surface area contributed by atoms with Crippen molar-refractivity contribution in [2.75, 3.05) is 7.11 Å². The largest absolute Gasteiger partial charge is 0.493 e. The highest BCUT2D eigenvalue weighted by molar-refractivity contribution is 5.95. The number of Topliss-reactive ketones (excluding diaryl/α,β-unsaturated/α-hetero) is 1. The number of carboxylic acids is 1. The summed E-state index contributed by atoms with van der Waals surface area (Å²) < 4.78 is 7.24. The van der Waals surface area contributed by atoms with Crippen LogP contribution in [0.25, 0.3) is 11.3 Å². The number of nitrogens with zero attached hydrogens (tertiary/aromatic N) is 2. The Morgan fingerprint density at radius 1 is 1.26 bits per heavy atom. The number of methoxy groups -OCH3 is 1. The van der Waals surface area contributed by atoms with Gasteiger partial charge in [-0.05, 0) is 43.5 Å². The summed E-state index contributed by atoms with van der Waals surface area (Å²) in [5, 5.41) is 9.47. The Morgan fingerprint density at radius 3 is 2.52 bits per heavy atom. The summed E-state index contributed by atoms with van der Waals surface area (Å²) in [5.74, 6) is -0.391. The zero-order valence-corrected chi connectivity index (χ0v) is 15.7. The maximum atomic E-state index is 11.7. The van der Waals surface area contributed by atoms with E-state index < -0.39 is 11.4 Å². The number of hydrogen-bond donors (Lipinski definition) is 1. The van der Waals surface area contributed by atoms with Crippen molar-refractivity contribution in [3.8, 4) is 17.0 Å². The third-order valence-corrected chi connectivity index (χ3v) is 5.03. The van der Waals surface area contributed by atoms with Gasteiger partial charge >= 0.3 is 5.97 Å². The average Bonchev–Trinajstić information content (AvgIpc) is 3.45. The van der Waals surface area contributed by atoms with E-state index in [2.05, 4.69) is 11.6 Å². The molecule has 1 aromatic heterocycles. The Hall–Kier alpha value is -3.15. The summed E-state index contributed by atoms with van der Waals surface area (Å²) in [4.78, 5) is 27.8. The minimum atomic E-state index is -0.970. The molecule has 1 aliphatic rings. The quantitative estimate of drug-likeness (QED) is 0.796. The topological polar surface area (TPSA) is 80.9 Å². The van der Waals surface area contributed by atoms with Gasteiger partial charge in [0.15, 0.2) is 17.0 Å². The predicted molar refractivity (Wildman–Crippen MR) is 101 cm³/mol. The van der Waals surface area contributed by atoms with Crippen LogP contribution in [-0.2, 0) is 11.8 Å². The molecule has 6 nitrogen and oxygen atoms in total. The van der Waals surface area contributed by atoms with Gasteiger partial charge in [-0.2, -0.15) is 0 Å². The summed E-state index contributed by atoms with van der Waals surface area (Å²) in [6.45, 7) is 5.43. The first-order chi connectivity index (χ1) is 12.8. The molecule has 2 aromatic rings. The normalized spacial score (nSPS) is 15.3. The molecule has 0 saturated heterocycles. The average molecular weight is 366 g/mol. The molecule has 1 aliphatic carbocycles. The molecule has 0 radical (unpaired) electrons. The Labute approximate surface area is 157 Å². The van der Waals surface area contributed by atoms with Gasteiger partial charge in [0.1, 0.15) is 5.41 Å². The second-order valence-corrected chi connectivity index (χ2v) is 6.75. The third kappa shape index (κ3) is 3.30. The van der Waals surface area contributed by atoms with E-state index in [1.165, 1.54) is 14.0 Å². The lowest BCUT2D eigenvalue weighted by molar-refractivity contribution is -0.141. The van der Waals surface area contributed by atoms with Crippen molar-refractivity contribution in [1.29, 1.82) is 0 Å². The lowest BCUT2D eigenvalue weighted by atomic mass is 10.0. The van der Waals surface area contributed by atoms with Crippen LogP contribution in [0.3, 0.4) is 0 Å². The minimum Gasteiger partial charge on any atom is -0.493 e. The Kier molecular flexibility index (Phi) is 4.74. The van der Waals surface area contributed by atoms with Gasteiger partial charge < -0.3 is 14.4 Å². The lowest BCUT2D eigenvalue weighted by Gasteiger charge is -2.15. The van der Waals surface area contributed by atoms with Crippen LogP contribution < -0.4 is 10.2 Å². The van der Waals surface area contributed by atoms with E-state index in [0.29, 0.717) is 35.3 Å². The standard InChI is InChI=1S/C21H22N2O4/c1-13(24)15-6-5-7-16(12-15)17-8-9-18(27-4)19(23(17)3)22-14(2)21(10-11-21)20(25)26/h5-9,12H,2,10-11H2,1,3-4H3,(H,25,26). The predicted octanol–water partition coefficient (Wildman–Crippen LogP) is 3.18. The number of aliphatic carboxylic acids is 1. The minimum absolute atomic E-state index is 0.0107. The first-order valence-corrected chi connectivity index (χ1v) is 8.63. The van der Waals surface area contributed by atoms with Gasteiger partial charge in [0.05, 0.1) is 12.8 Å². The summed E-state index contributed by atoms with van der Waals surface area (Å²) in [6, 6.07) is 11.0. The van der Waals surface area contributed by atoms with Crippen LogP contribution in [0.5, 0.6) is 5.75 Å². The number of carbonyl (C=O) groups is 2. The van der Waals surface area contributed by atoms with Gasteiger partial charge in [-0.1, -0.05) is 24.8 Å².